The van der Waals surface area contributed by atoms with Crippen LogP contribution in [0.15, 0.2) is 60.7 Å². The first-order valence-electron chi connectivity index (χ1n) is 9.61. The van der Waals surface area contributed by atoms with E-state index >= 15 is 0 Å². The van der Waals surface area contributed by atoms with Crippen molar-refractivity contribution in [3.05, 3.63) is 60.7 Å². The molecule has 1 unspecified atom stereocenters. The summed E-state index contributed by atoms with van der Waals surface area (Å²) in [7, 11) is -1.21. The fraction of sp³-hybridized carbons (Fsp3) is 0.409. The summed E-state index contributed by atoms with van der Waals surface area (Å²) in [5, 5.41) is 2.46. The van der Waals surface area contributed by atoms with Crippen LogP contribution in [0.1, 0.15) is 32.6 Å². The van der Waals surface area contributed by atoms with Crippen LogP contribution in [0.3, 0.4) is 0 Å². The standard InChI is InChI=1S/C22H29FO3Si/c1-3-4-18-27(19-12-7-5-8-13-19,20-14-9-6-10-15-20)26-17-11-16-21(23)22(24)25-2/h5-10,12-15,21H,3-4,11,16-18H2,1-2H3. The Bertz CT molecular complexity index is 639. The number of unbranched alkanes of at least 4 members (excludes halogenated alkanes) is 1. The van der Waals surface area contributed by atoms with E-state index in [-0.39, 0.29) is 6.42 Å². The number of alkyl halides is 1. The number of hydrogen-bond acceptors (Lipinski definition) is 3. The van der Waals surface area contributed by atoms with E-state index in [1.807, 2.05) is 36.4 Å². The van der Waals surface area contributed by atoms with Crippen LogP contribution >= 0.6 is 0 Å². The van der Waals surface area contributed by atoms with Gasteiger partial charge < -0.3 is 9.16 Å². The molecule has 2 aromatic carbocycles. The Balaban J connectivity index is 2.22. The number of rotatable bonds is 11. The summed E-state index contributed by atoms with van der Waals surface area (Å²) in [6.45, 7) is 2.61. The summed E-state index contributed by atoms with van der Waals surface area (Å²) < 4.78 is 24.8. The second-order valence-electron chi connectivity index (χ2n) is 6.64. The fourth-order valence-corrected chi connectivity index (χ4v) is 7.48. The van der Waals surface area contributed by atoms with Gasteiger partial charge in [0, 0.05) is 6.61 Å². The molecule has 0 bridgehead atoms. The van der Waals surface area contributed by atoms with Crippen molar-refractivity contribution >= 4 is 24.7 Å². The monoisotopic (exact) mass is 388 g/mol. The number of hydrogen-bond donors (Lipinski definition) is 0. The lowest BCUT2D eigenvalue weighted by molar-refractivity contribution is -0.146. The molecule has 5 heteroatoms. The third-order valence-electron chi connectivity index (χ3n) is 4.77. The van der Waals surface area contributed by atoms with Crippen molar-refractivity contribution in [2.45, 2.75) is 44.8 Å². The van der Waals surface area contributed by atoms with Crippen molar-refractivity contribution in [2.75, 3.05) is 13.7 Å². The molecule has 0 radical (unpaired) electrons. The molecule has 0 aromatic heterocycles. The van der Waals surface area contributed by atoms with Crippen LogP contribution in [-0.4, -0.2) is 34.2 Å². The Hall–Kier alpha value is -1.98. The molecule has 27 heavy (non-hydrogen) atoms. The zero-order valence-electron chi connectivity index (χ0n) is 16.2. The first kappa shape index (κ1) is 21.3. The van der Waals surface area contributed by atoms with Crippen LogP contribution in [0.2, 0.25) is 6.04 Å². The van der Waals surface area contributed by atoms with Gasteiger partial charge in [0.25, 0.3) is 8.32 Å². The summed E-state index contributed by atoms with van der Waals surface area (Å²) >= 11 is 0. The molecule has 0 aliphatic carbocycles. The van der Waals surface area contributed by atoms with Gasteiger partial charge in [-0.25, -0.2) is 9.18 Å². The molecule has 0 saturated heterocycles. The maximum Gasteiger partial charge on any atom is 0.340 e. The van der Waals surface area contributed by atoms with Crippen LogP contribution < -0.4 is 10.4 Å². The lowest BCUT2D eigenvalue weighted by atomic mass is 10.2. The van der Waals surface area contributed by atoms with Gasteiger partial charge >= 0.3 is 5.97 Å². The zero-order valence-corrected chi connectivity index (χ0v) is 17.2. The molecular weight excluding hydrogens is 359 g/mol. The van der Waals surface area contributed by atoms with E-state index in [0.29, 0.717) is 13.0 Å². The second kappa shape index (κ2) is 11.0. The van der Waals surface area contributed by atoms with Gasteiger partial charge in [-0.05, 0) is 29.3 Å². The van der Waals surface area contributed by atoms with Gasteiger partial charge in [0.1, 0.15) is 0 Å². The largest absolute Gasteiger partial charge is 0.467 e. The van der Waals surface area contributed by atoms with Gasteiger partial charge in [0.2, 0.25) is 0 Å². The van der Waals surface area contributed by atoms with Gasteiger partial charge in [-0.3, -0.25) is 0 Å². The first-order chi connectivity index (χ1) is 13.1. The van der Waals surface area contributed by atoms with E-state index in [1.165, 1.54) is 17.5 Å². The maximum absolute atomic E-state index is 13.7. The number of benzene rings is 2. The third kappa shape index (κ3) is 5.74. The van der Waals surface area contributed by atoms with Crippen LogP contribution in [0.4, 0.5) is 4.39 Å². The Morgan fingerprint density at radius 1 is 1.00 bits per heavy atom. The Labute approximate surface area is 162 Å². The minimum Gasteiger partial charge on any atom is -0.467 e. The van der Waals surface area contributed by atoms with Gasteiger partial charge in [0.15, 0.2) is 6.17 Å². The molecule has 0 aliphatic heterocycles. The molecule has 146 valence electrons. The van der Waals surface area contributed by atoms with E-state index < -0.39 is 20.5 Å². The van der Waals surface area contributed by atoms with E-state index in [0.717, 1.165) is 18.9 Å². The third-order valence-corrected chi connectivity index (χ3v) is 9.06. The van der Waals surface area contributed by atoms with Gasteiger partial charge in [-0.1, -0.05) is 80.4 Å². The van der Waals surface area contributed by atoms with Gasteiger partial charge in [-0.15, -0.1) is 0 Å². The summed E-state index contributed by atoms with van der Waals surface area (Å²) in [6.07, 6.45) is 1.18. The van der Waals surface area contributed by atoms with E-state index in [1.54, 1.807) is 0 Å². The molecule has 0 saturated carbocycles. The fourth-order valence-electron chi connectivity index (χ4n) is 3.29. The van der Waals surface area contributed by atoms with Crippen LogP contribution in [0, 0.1) is 0 Å². The Morgan fingerprint density at radius 3 is 2.04 bits per heavy atom. The van der Waals surface area contributed by atoms with Crippen molar-refractivity contribution < 1.29 is 18.3 Å². The van der Waals surface area contributed by atoms with Crippen LogP contribution in [0.25, 0.3) is 0 Å². The van der Waals surface area contributed by atoms with Crippen molar-refractivity contribution in [3.63, 3.8) is 0 Å². The van der Waals surface area contributed by atoms with Crippen molar-refractivity contribution in [2.24, 2.45) is 0 Å². The molecule has 2 aromatic rings. The van der Waals surface area contributed by atoms with Crippen LogP contribution in [0.5, 0.6) is 0 Å². The molecule has 0 N–H and O–H groups in total. The Morgan fingerprint density at radius 2 is 1.56 bits per heavy atom. The molecule has 3 nitrogen and oxygen atoms in total. The SMILES string of the molecule is CCCC[Si](OCCCC(F)C(=O)OC)(c1ccccc1)c1ccccc1. The number of carbonyl (C=O) groups excluding carboxylic acids is 1. The molecule has 0 amide bonds. The van der Waals surface area contributed by atoms with E-state index in [2.05, 4.69) is 35.9 Å². The van der Waals surface area contributed by atoms with E-state index in [4.69, 9.17) is 4.43 Å². The van der Waals surface area contributed by atoms with Crippen molar-refractivity contribution in [1.82, 2.24) is 0 Å². The number of carbonyl (C=O) groups is 1. The molecule has 2 rings (SSSR count). The average molecular weight is 389 g/mol. The van der Waals surface area contributed by atoms with Crippen molar-refractivity contribution in [3.8, 4) is 0 Å². The Kier molecular flexibility index (Phi) is 8.68. The molecule has 0 fully saturated rings. The molecule has 1 atom stereocenters. The highest BCUT2D eigenvalue weighted by Gasteiger charge is 2.38. The maximum atomic E-state index is 13.7. The minimum absolute atomic E-state index is 0.120. The highest BCUT2D eigenvalue weighted by atomic mass is 28.4. The summed E-state index contributed by atoms with van der Waals surface area (Å²) in [4.78, 5) is 11.3. The number of ether oxygens (including phenoxy) is 1. The predicted octanol–water partition coefficient (Wildman–Crippen LogP) is 3.85. The summed E-state index contributed by atoms with van der Waals surface area (Å²) in [6, 6.07) is 21.7. The normalized spacial score (nSPS) is 12.6. The van der Waals surface area contributed by atoms with E-state index in [9.17, 15) is 9.18 Å². The first-order valence-corrected chi connectivity index (χ1v) is 11.7. The minimum atomic E-state index is -2.41. The lowest BCUT2D eigenvalue weighted by Crippen LogP contribution is -2.60. The van der Waals surface area contributed by atoms with Crippen LogP contribution in [-0.2, 0) is 14.0 Å². The molecule has 0 aliphatic rings. The van der Waals surface area contributed by atoms with Crippen molar-refractivity contribution in [1.29, 1.82) is 0 Å². The zero-order chi connectivity index (χ0) is 19.5. The van der Waals surface area contributed by atoms with Gasteiger partial charge in [0.05, 0.1) is 7.11 Å². The highest BCUT2D eigenvalue weighted by Crippen LogP contribution is 2.18. The quantitative estimate of drug-likeness (QED) is 0.333. The molecular formula is C22H29FO3Si. The topological polar surface area (TPSA) is 35.5 Å². The number of halogens is 1. The summed E-state index contributed by atoms with van der Waals surface area (Å²) in [5.74, 6) is -0.810. The number of esters is 1. The average Bonchev–Trinajstić information content (AvgIpc) is 2.74. The smallest absolute Gasteiger partial charge is 0.340 e. The lowest BCUT2D eigenvalue weighted by Gasteiger charge is -2.33. The number of methoxy groups -OCH3 is 1. The molecule has 0 spiro atoms. The van der Waals surface area contributed by atoms with Gasteiger partial charge in [-0.2, -0.15) is 0 Å². The second-order valence-corrected chi connectivity index (χ2v) is 10.2. The molecule has 0 heterocycles. The summed E-state index contributed by atoms with van der Waals surface area (Å²) in [5.41, 5.74) is 0. The predicted molar refractivity (Wildman–Crippen MR) is 110 cm³/mol. The highest BCUT2D eigenvalue weighted by molar-refractivity contribution is 6.97.